The molecule has 2 aromatic carbocycles. The van der Waals surface area contributed by atoms with Gasteiger partial charge in [-0.05, 0) is 60.6 Å². The van der Waals surface area contributed by atoms with E-state index in [1.807, 2.05) is 42.5 Å². The van der Waals surface area contributed by atoms with Crippen molar-refractivity contribution < 1.29 is 14.0 Å². The first-order chi connectivity index (χ1) is 16.2. The van der Waals surface area contributed by atoms with Gasteiger partial charge in [-0.2, -0.15) is 0 Å². The van der Waals surface area contributed by atoms with Crippen molar-refractivity contribution in [1.29, 1.82) is 0 Å². The van der Waals surface area contributed by atoms with Crippen LogP contribution in [0.5, 0.6) is 11.5 Å². The third-order valence-electron chi connectivity index (χ3n) is 6.81. The predicted molar refractivity (Wildman–Crippen MR) is 125 cm³/mol. The lowest BCUT2D eigenvalue weighted by Crippen LogP contribution is -2.25. The van der Waals surface area contributed by atoms with Crippen LogP contribution in [-0.4, -0.2) is 45.6 Å². The Hall–Kier alpha value is -2.81. The van der Waals surface area contributed by atoms with Gasteiger partial charge in [0.25, 0.3) is 5.03 Å². The van der Waals surface area contributed by atoms with Crippen molar-refractivity contribution in [2.75, 3.05) is 25.2 Å². The molecule has 2 fully saturated rings. The molecular weight excluding hydrogens is 436 g/mol. The molecule has 7 nitrogen and oxygen atoms in total. The van der Waals surface area contributed by atoms with E-state index in [9.17, 15) is 4.55 Å². The number of aromatic nitrogens is 2. The fourth-order valence-corrected chi connectivity index (χ4v) is 6.26. The maximum Gasteiger partial charge on any atom is 0.269 e. The second-order valence-corrected chi connectivity index (χ2v) is 10.5. The number of rotatable bonds is 6. The number of benzene rings is 2. The van der Waals surface area contributed by atoms with Gasteiger partial charge in [0.1, 0.15) is 5.82 Å². The number of nitrogens with one attached hydrogen (secondary N) is 1. The van der Waals surface area contributed by atoms with Gasteiger partial charge in [0.05, 0.1) is 0 Å². The molecule has 2 aliphatic heterocycles. The molecule has 6 rings (SSSR count). The Labute approximate surface area is 196 Å². The fourth-order valence-electron chi connectivity index (χ4n) is 5.31. The smallest absolute Gasteiger partial charge is 0.269 e. The van der Waals surface area contributed by atoms with E-state index in [4.69, 9.17) is 9.47 Å². The van der Waals surface area contributed by atoms with E-state index < -0.39 is 11.2 Å². The topological polar surface area (TPSA) is 82.6 Å². The molecule has 1 N–H and O–H groups in total. The van der Waals surface area contributed by atoms with Crippen molar-refractivity contribution >= 4 is 17.0 Å². The first-order valence-corrected chi connectivity index (χ1v) is 12.5. The highest BCUT2D eigenvalue weighted by Crippen LogP contribution is 2.40. The van der Waals surface area contributed by atoms with Gasteiger partial charge in [-0.3, -0.25) is 4.90 Å². The van der Waals surface area contributed by atoms with Crippen LogP contribution in [0.4, 0.5) is 5.82 Å². The molecular formula is C25H26N4O3S. The third kappa shape index (κ3) is 4.38. The van der Waals surface area contributed by atoms with E-state index in [0.29, 0.717) is 29.7 Å². The number of nitrogens with zero attached hydrogens (tertiary/aromatic N) is 3. The zero-order chi connectivity index (χ0) is 22.2. The van der Waals surface area contributed by atoms with Crippen LogP contribution in [0.2, 0.25) is 0 Å². The number of likely N-dealkylation sites (tertiary alicyclic amines) is 1. The summed E-state index contributed by atoms with van der Waals surface area (Å²) >= 11 is -1.31. The maximum absolute atomic E-state index is 12.6. The van der Waals surface area contributed by atoms with Crippen LogP contribution in [0.15, 0.2) is 70.6 Å². The van der Waals surface area contributed by atoms with Crippen molar-refractivity contribution in [2.45, 2.75) is 35.3 Å². The molecule has 1 saturated heterocycles. The zero-order valence-corrected chi connectivity index (χ0v) is 19.0. The van der Waals surface area contributed by atoms with Crippen LogP contribution in [0, 0.1) is 11.8 Å². The van der Waals surface area contributed by atoms with E-state index in [-0.39, 0.29) is 0 Å². The monoisotopic (exact) mass is 462 g/mol. The first kappa shape index (κ1) is 20.8. The minimum absolute atomic E-state index is 0.318. The van der Waals surface area contributed by atoms with Crippen LogP contribution >= 0.6 is 0 Å². The van der Waals surface area contributed by atoms with Crippen molar-refractivity contribution in [3.8, 4) is 11.5 Å². The highest BCUT2D eigenvalue weighted by molar-refractivity contribution is 7.91. The molecule has 0 amide bonds. The van der Waals surface area contributed by atoms with Crippen molar-refractivity contribution in [3.05, 3.63) is 66.2 Å². The van der Waals surface area contributed by atoms with E-state index in [0.717, 1.165) is 54.7 Å². The molecule has 33 heavy (non-hydrogen) atoms. The summed E-state index contributed by atoms with van der Waals surface area (Å²) < 4.78 is 23.6. The summed E-state index contributed by atoms with van der Waals surface area (Å²) in [5, 5.41) is 12.5. The lowest BCUT2D eigenvalue weighted by atomic mass is 10.0. The molecule has 0 bridgehead atoms. The fraction of sp³-hybridized carbons (Fsp3) is 0.360. The molecule has 2 unspecified atom stereocenters. The summed E-state index contributed by atoms with van der Waals surface area (Å²) in [6, 6.07) is 19.7. The molecule has 8 heteroatoms. The molecule has 0 spiro atoms. The number of hydrogen-bond donors (Lipinski definition) is 1. The largest absolute Gasteiger partial charge is 0.605 e. The SMILES string of the molecule is [O-][S+](c1ccccc1)c1ccc(NC2C[C@@H]3CN(Cc4ccc5c(c4)OCO5)C[C@@H]3C2)nn1. The van der Waals surface area contributed by atoms with Gasteiger partial charge in [0.2, 0.25) is 6.79 Å². The average molecular weight is 463 g/mol. The van der Waals surface area contributed by atoms with Crippen LogP contribution in [0.1, 0.15) is 18.4 Å². The van der Waals surface area contributed by atoms with E-state index in [1.165, 1.54) is 5.56 Å². The van der Waals surface area contributed by atoms with Crippen molar-refractivity contribution in [2.24, 2.45) is 11.8 Å². The number of fused-ring (bicyclic) bond motifs is 2. The van der Waals surface area contributed by atoms with Gasteiger partial charge in [0.15, 0.2) is 16.4 Å². The molecule has 3 heterocycles. The summed E-state index contributed by atoms with van der Waals surface area (Å²) in [7, 11) is 0. The van der Waals surface area contributed by atoms with Gasteiger partial charge < -0.3 is 19.3 Å². The van der Waals surface area contributed by atoms with Gasteiger partial charge >= 0.3 is 0 Å². The highest BCUT2D eigenvalue weighted by Gasteiger charge is 2.41. The van der Waals surface area contributed by atoms with Gasteiger partial charge in [-0.1, -0.05) is 29.4 Å². The molecule has 1 aliphatic carbocycles. The Balaban J connectivity index is 1.02. The van der Waals surface area contributed by atoms with Crippen molar-refractivity contribution in [1.82, 2.24) is 15.1 Å². The summed E-state index contributed by atoms with van der Waals surface area (Å²) in [5.74, 6) is 3.86. The molecule has 1 aromatic heterocycles. The standard InChI is InChI=1S/C25H26N4O3S/c30-33(21-4-2-1-3-5-21)25-9-8-24(27-28-25)26-20-11-18-14-29(15-19(18)12-20)13-17-6-7-22-23(10-17)32-16-31-22/h1-10,18-20H,11-16H2,(H,26,27)/t18-,19+,20?,33?. The Morgan fingerprint density at radius 1 is 0.939 bits per heavy atom. The number of hydrogen-bond acceptors (Lipinski definition) is 7. The molecule has 3 aliphatic rings. The van der Waals surface area contributed by atoms with Crippen LogP contribution in [-0.2, 0) is 17.7 Å². The van der Waals surface area contributed by atoms with E-state index in [2.05, 4.69) is 32.5 Å². The average Bonchev–Trinajstić information content (AvgIpc) is 3.54. The van der Waals surface area contributed by atoms with Crippen LogP contribution < -0.4 is 14.8 Å². The second-order valence-electron chi connectivity index (χ2n) is 9.05. The van der Waals surface area contributed by atoms with Gasteiger partial charge in [-0.15, -0.1) is 5.10 Å². The Morgan fingerprint density at radius 3 is 2.48 bits per heavy atom. The first-order valence-electron chi connectivity index (χ1n) is 11.4. The van der Waals surface area contributed by atoms with Crippen molar-refractivity contribution in [3.63, 3.8) is 0 Å². The summed E-state index contributed by atoms with van der Waals surface area (Å²) in [4.78, 5) is 3.29. The molecule has 170 valence electrons. The predicted octanol–water partition coefficient (Wildman–Crippen LogP) is 3.69. The minimum atomic E-state index is -1.31. The Kier molecular flexibility index (Phi) is 5.57. The molecule has 0 radical (unpaired) electrons. The minimum Gasteiger partial charge on any atom is -0.605 e. The Morgan fingerprint density at radius 2 is 1.73 bits per heavy atom. The Bertz CT molecular complexity index is 1100. The number of ether oxygens (including phenoxy) is 2. The third-order valence-corrected chi connectivity index (χ3v) is 8.11. The normalized spacial score (nSPS) is 24.6. The van der Waals surface area contributed by atoms with Gasteiger partial charge in [-0.25, -0.2) is 0 Å². The zero-order valence-electron chi connectivity index (χ0n) is 18.2. The van der Waals surface area contributed by atoms with Crippen LogP contribution in [0.25, 0.3) is 0 Å². The summed E-state index contributed by atoms with van der Waals surface area (Å²) in [5.41, 5.74) is 1.28. The van der Waals surface area contributed by atoms with E-state index in [1.54, 1.807) is 6.07 Å². The van der Waals surface area contributed by atoms with Gasteiger partial charge in [0, 0.05) is 42.9 Å². The lowest BCUT2D eigenvalue weighted by Gasteiger charge is -2.20. The van der Waals surface area contributed by atoms with E-state index >= 15 is 0 Å². The summed E-state index contributed by atoms with van der Waals surface area (Å²) in [6.07, 6.45) is 2.28. The quantitative estimate of drug-likeness (QED) is 0.560. The molecule has 1 saturated carbocycles. The molecule has 4 atom stereocenters. The molecule has 3 aromatic rings. The number of anilines is 1. The summed E-state index contributed by atoms with van der Waals surface area (Å²) in [6.45, 7) is 3.52. The maximum atomic E-state index is 12.6. The second kappa shape index (κ2) is 8.85. The lowest BCUT2D eigenvalue weighted by molar-refractivity contribution is 0.174. The highest BCUT2D eigenvalue weighted by atomic mass is 32.2. The van der Waals surface area contributed by atoms with Crippen LogP contribution in [0.3, 0.4) is 0 Å².